The minimum atomic E-state index is -1.10. The number of fused-ring (bicyclic) bond motifs is 1. The van der Waals surface area contributed by atoms with Gasteiger partial charge in [0.2, 0.25) is 0 Å². The number of H-pyrrole nitrogens is 1. The van der Waals surface area contributed by atoms with Crippen molar-refractivity contribution < 1.29 is 9.90 Å². The number of aromatic amines is 1. The molecule has 1 atom stereocenters. The van der Waals surface area contributed by atoms with Crippen molar-refractivity contribution in [2.45, 2.75) is 25.7 Å². The third-order valence-corrected chi connectivity index (χ3v) is 5.05. The van der Waals surface area contributed by atoms with Gasteiger partial charge in [-0.15, -0.1) is 0 Å². The highest BCUT2D eigenvalue weighted by Crippen LogP contribution is 2.36. The third-order valence-electron chi connectivity index (χ3n) is 4.31. The van der Waals surface area contributed by atoms with Crippen LogP contribution in [0.3, 0.4) is 0 Å². The maximum Gasteiger partial charge on any atom is 0.0595 e. The molecule has 0 saturated carbocycles. The average Bonchev–Trinajstić information content (AvgIpc) is 2.99. The summed E-state index contributed by atoms with van der Waals surface area (Å²) in [5, 5.41) is 13.2. The van der Waals surface area contributed by atoms with Crippen molar-refractivity contribution in [1.29, 1.82) is 0 Å². The zero-order valence-electron chi connectivity index (χ0n) is 13.1. The maximum absolute atomic E-state index is 11.3. The van der Waals surface area contributed by atoms with Crippen LogP contribution < -0.4 is 5.11 Å². The van der Waals surface area contributed by atoms with Gasteiger partial charge < -0.3 is 14.9 Å². The number of carbonyl (C=O) groups excluding carboxylic acids is 1. The molecule has 24 heavy (non-hydrogen) atoms. The van der Waals surface area contributed by atoms with Crippen molar-refractivity contribution in [1.82, 2.24) is 4.98 Å². The van der Waals surface area contributed by atoms with Crippen molar-refractivity contribution >= 4 is 40.1 Å². The number of para-hydroxylation sites is 1. The summed E-state index contributed by atoms with van der Waals surface area (Å²) >= 11 is 12.1. The highest BCUT2D eigenvalue weighted by molar-refractivity contribution is 6.42. The van der Waals surface area contributed by atoms with E-state index in [9.17, 15) is 9.90 Å². The average molecular weight is 361 g/mol. The molecule has 1 heterocycles. The summed E-state index contributed by atoms with van der Waals surface area (Å²) < 4.78 is 0. The molecule has 3 aromatic rings. The number of carboxylic acid groups (broad SMARTS) is 1. The quantitative estimate of drug-likeness (QED) is 0.736. The Balaban J connectivity index is 2.16. The first-order valence-electron chi connectivity index (χ1n) is 7.75. The van der Waals surface area contributed by atoms with Crippen LogP contribution in [0.1, 0.15) is 36.0 Å². The summed E-state index contributed by atoms with van der Waals surface area (Å²) in [4.78, 5) is 14.6. The van der Waals surface area contributed by atoms with Crippen molar-refractivity contribution in [3.63, 3.8) is 0 Å². The van der Waals surface area contributed by atoms with Gasteiger partial charge in [0.05, 0.1) is 10.0 Å². The van der Waals surface area contributed by atoms with Crippen LogP contribution in [0.25, 0.3) is 10.9 Å². The molecule has 0 saturated heterocycles. The van der Waals surface area contributed by atoms with Gasteiger partial charge in [0, 0.05) is 29.0 Å². The topological polar surface area (TPSA) is 55.9 Å². The summed E-state index contributed by atoms with van der Waals surface area (Å²) in [6, 6.07) is 11.3. The zero-order chi connectivity index (χ0) is 17.3. The van der Waals surface area contributed by atoms with E-state index in [-0.39, 0.29) is 12.3 Å². The third kappa shape index (κ3) is 3.14. The lowest BCUT2D eigenvalue weighted by Gasteiger charge is -2.18. The molecule has 0 radical (unpaired) electrons. The minimum absolute atomic E-state index is 0.124. The Morgan fingerprint density at radius 2 is 2.00 bits per heavy atom. The molecule has 0 unspecified atom stereocenters. The lowest BCUT2D eigenvalue weighted by atomic mass is 9.88. The molecule has 0 spiro atoms. The van der Waals surface area contributed by atoms with Crippen LogP contribution in [-0.2, 0) is 11.2 Å². The molecule has 124 valence electrons. The summed E-state index contributed by atoms with van der Waals surface area (Å²) in [5.74, 6) is -1.46. The van der Waals surface area contributed by atoms with E-state index < -0.39 is 5.97 Å². The zero-order valence-corrected chi connectivity index (χ0v) is 14.6. The maximum atomic E-state index is 11.3. The summed E-state index contributed by atoms with van der Waals surface area (Å²) in [7, 11) is 0. The Morgan fingerprint density at radius 1 is 1.21 bits per heavy atom. The molecule has 0 amide bonds. The SMILES string of the molecule is CCc1cccc2c([C@@H](CC(=O)[O-])c3ccc(Cl)c(Cl)c3)c[nH]c12. The van der Waals surface area contributed by atoms with Crippen LogP contribution in [0.4, 0.5) is 0 Å². The van der Waals surface area contributed by atoms with Crippen molar-refractivity contribution in [3.05, 3.63) is 69.3 Å². The van der Waals surface area contributed by atoms with Gasteiger partial charge in [-0.1, -0.05) is 54.4 Å². The van der Waals surface area contributed by atoms with Crippen molar-refractivity contribution in [2.75, 3.05) is 0 Å². The predicted octanol–water partition coefficient (Wildman–Crippen LogP) is 4.31. The van der Waals surface area contributed by atoms with Gasteiger partial charge in [0.25, 0.3) is 0 Å². The Hall–Kier alpha value is -1.97. The first kappa shape index (κ1) is 16.9. The summed E-state index contributed by atoms with van der Waals surface area (Å²) in [6.45, 7) is 2.09. The van der Waals surface area contributed by atoms with Gasteiger partial charge >= 0.3 is 0 Å². The van der Waals surface area contributed by atoms with Gasteiger partial charge in [-0.25, -0.2) is 0 Å². The van der Waals surface area contributed by atoms with Crippen molar-refractivity contribution in [2.24, 2.45) is 0 Å². The number of aliphatic carboxylic acids is 1. The molecular formula is C19H16Cl2NO2-. The molecule has 0 bridgehead atoms. The van der Waals surface area contributed by atoms with Gasteiger partial charge in [0.1, 0.15) is 0 Å². The second-order valence-electron chi connectivity index (χ2n) is 5.74. The fraction of sp³-hybridized carbons (Fsp3) is 0.211. The van der Waals surface area contributed by atoms with Crippen LogP contribution in [0.5, 0.6) is 0 Å². The number of nitrogens with one attached hydrogen (secondary N) is 1. The molecule has 3 nitrogen and oxygen atoms in total. The van der Waals surface area contributed by atoms with Crippen LogP contribution in [0, 0.1) is 0 Å². The fourth-order valence-electron chi connectivity index (χ4n) is 3.12. The molecule has 0 fully saturated rings. The second-order valence-corrected chi connectivity index (χ2v) is 6.55. The number of carbonyl (C=O) groups is 1. The summed E-state index contributed by atoms with van der Waals surface area (Å²) in [6.07, 6.45) is 2.65. The first-order valence-corrected chi connectivity index (χ1v) is 8.50. The van der Waals surface area contributed by atoms with E-state index in [1.165, 1.54) is 5.56 Å². The smallest absolute Gasteiger partial charge is 0.0595 e. The highest BCUT2D eigenvalue weighted by atomic mass is 35.5. The molecule has 2 aromatic carbocycles. The summed E-state index contributed by atoms with van der Waals surface area (Å²) in [5.41, 5.74) is 3.96. The molecular weight excluding hydrogens is 345 g/mol. The van der Waals surface area contributed by atoms with Crippen LogP contribution in [-0.4, -0.2) is 11.0 Å². The molecule has 0 aliphatic heterocycles. The Labute approximate surface area is 150 Å². The molecule has 1 aromatic heterocycles. The van der Waals surface area contributed by atoms with E-state index >= 15 is 0 Å². The number of halogens is 2. The number of benzene rings is 2. The Bertz CT molecular complexity index is 902. The van der Waals surface area contributed by atoms with Crippen LogP contribution >= 0.6 is 23.2 Å². The number of aryl methyl sites for hydroxylation is 1. The lowest BCUT2D eigenvalue weighted by molar-refractivity contribution is -0.305. The number of hydrogen-bond acceptors (Lipinski definition) is 2. The van der Waals surface area contributed by atoms with E-state index in [0.29, 0.717) is 10.0 Å². The number of hydrogen-bond donors (Lipinski definition) is 1. The van der Waals surface area contributed by atoms with Crippen molar-refractivity contribution in [3.8, 4) is 0 Å². The van der Waals surface area contributed by atoms with E-state index in [1.54, 1.807) is 12.1 Å². The lowest BCUT2D eigenvalue weighted by Crippen LogP contribution is -2.24. The molecule has 5 heteroatoms. The molecule has 3 rings (SSSR count). The fourth-order valence-corrected chi connectivity index (χ4v) is 3.43. The van der Waals surface area contributed by atoms with Gasteiger partial charge in [-0.2, -0.15) is 0 Å². The van der Waals surface area contributed by atoms with E-state index in [0.717, 1.165) is 28.5 Å². The normalized spacial score (nSPS) is 12.5. The highest BCUT2D eigenvalue weighted by Gasteiger charge is 2.20. The van der Waals surface area contributed by atoms with Crippen LogP contribution in [0.15, 0.2) is 42.6 Å². The molecule has 1 N–H and O–H groups in total. The largest absolute Gasteiger partial charge is 0.550 e. The second kappa shape index (κ2) is 6.88. The van der Waals surface area contributed by atoms with Gasteiger partial charge in [-0.3, -0.25) is 0 Å². The van der Waals surface area contributed by atoms with E-state index in [4.69, 9.17) is 23.2 Å². The Morgan fingerprint density at radius 3 is 2.67 bits per heavy atom. The predicted molar refractivity (Wildman–Crippen MR) is 95.6 cm³/mol. The van der Waals surface area contributed by atoms with Gasteiger partial charge in [-0.05, 0) is 41.7 Å². The first-order chi connectivity index (χ1) is 11.5. The van der Waals surface area contributed by atoms with E-state index in [2.05, 4.69) is 18.0 Å². The molecule has 0 aliphatic carbocycles. The number of aromatic nitrogens is 1. The van der Waals surface area contributed by atoms with Gasteiger partial charge in [0.15, 0.2) is 0 Å². The number of carboxylic acids is 1. The Kier molecular flexibility index (Phi) is 4.83. The standard InChI is InChI=1S/C19H17Cl2NO2/c1-2-11-4-3-5-13-15(10-22-19(11)13)14(9-18(23)24)12-6-7-16(20)17(21)8-12/h3-8,10,14,22H,2,9H2,1H3,(H,23,24)/p-1/t14-/m0/s1. The van der Waals surface area contributed by atoms with E-state index in [1.807, 2.05) is 24.4 Å². The molecule has 0 aliphatic rings. The minimum Gasteiger partial charge on any atom is -0.550 e. The monoisotopic (exact) mass is 360 g/mol. The van der Waals surface area contributed by atoms with Crippen LogP contribution in [0.2, 0.25) is 10.0 Å². The number of rotatable bonds is 5.